The summed E-state index contributed by atoms with van der Waals surface area (Å²) in [6, 6.07) is 5.06. The number of halogens is 2. The summed E-state index contributed by atoms with van der Waals surface area (Å²) in [6.45, 7) is 1.93. The molecule has 1 nitrogen and oxygen atoms in total. The Hall–Kier alpha value is -0.930. The highest BCUT2D eigenvalue weighted by Crippen LogP contribution is 2.22. The molecule has 0 aliphatic carbocycles. The van der Waals surface area contributed by atoms with E-state index < -0.39 is 0 Å². The summed E-state index contributed by atoms with van der Waals surface area (Å²) in [7, 11) is 0. The third-order valence-corrected chi connectivity index (χ3v) is 3.27. The molecule has 0 saturated carbocycles. The molecule has 0 atom stereocenters. The first kappa shape index (κ1) is 10.6. The predicted octanol–water partition coefficient (Wildman–Crippen LogP) is 3.83. The van der Waals surface area contributed by atoms with Crippen LogP contribution in [0.1, 0.15) is 15.4 Å². The first-order valence-electron chi connectivity index (χ1n) is 4.51. The maximum absolute atomic E-state index is 13.5. The van der Waals surface area contributed by atoms with Crippen LogP contribution in [0, 0.1) is 12.7 Å². The van der Waals surface area contributed by atoms with E-state index in [9.17, 15) is 4.39 Å². The lowest BCUT2D eigenvalue weighted by Gasteiger charge is -2.01. The maximum Gasteiger partial charge on any atom is 0.145 e. The zero-order chi connectivity index (χ0) is 10.8. The second-order valence-corrected chi connectivity index (χ2v) is 4.96. The molecule has 1 heterocycles. The number of aryl methyl sites for hydroxylation is 1. The fraction of sp³-hybridized carbons (Fsp3) is 0.182. The van der Waals surface area contributed by atoms with E-state index in [1.54, 1.807) is 35.7 Å². The molecule has 0 unspecified atom stereocenters. The van der Waals surface area contributed by atoms with Crippen LogP contribution in [0.2, 0.25) is 5.02 Å². The van der Waals surface area contributed by atoms with Crippen LogP contribution < -0.4 is 0 Å². The van der Waals surface area contributed by atoms with E-state index in [2.05, 4.69) is 4.98 Å². The van der Waals surface area contributed by atoms with E-state index in [1.165, 1.54) is 0 Å². The van der Waals surface area contributed by atoms with Gasteiger partial charge in [0.1, 0.15) is 5.82 Å². The number of nitrogens with zero attached hydrogens (tertiary/aromatic N) is 1. The molecule has 78 valence electrons. The van der Waals surface area contributed by atoms with Crippen LogP contribution in [0.4, 0.5) is 4.39 Å². The normalized spacial score (nSPS) is 10.6. The molecule has 1 aromatic heterocycles. The molecule has 0 spiro atoms. The summed E-state index contributed by atoms with van der Waals surface area (Å²) in [6.07, 6.45) is 2.33. The number of rotatable bonds is 2. The number of thiazole rings is 1. The second-order valence-electron chi connectivity index (χ2n) is 3.24. The van der Waals surface area contributed by atoms with Crippen molar-refractivity contribution in [3.63, 3.8) is 0 Å². The van der Waals surface area contributed by atoms with E-state index in [1.807, 2.05) is 6.92 Å². The lowest BCUT2D eigenvalue weighted by molar-refractivity contribution is 0.615. The molecular formula is C11H9ClFNS. The highest BCUT2D eigenvalue weighted by molar-refractivity contribution is 7.11. The Morgan fingerprint density at radius 1 is 1.47 bits per heavy atom. The SMILES string of the molecule is Cc1ncc(Cc2cccc(Cl)c2F)s1. The van der Waals surface area contributed by atoms with Crippen molar-refractivity contribution < 1.29 is 4.39 Å². The first-order valence-corrected chi connectivity index (χ1v) is 5.70. The summed E-state index contributed by atoms with van der Waals surface area (Å²) in [5.74, 6) is -0.329. The second kappa shape index (κ2) is 4.29. The minimum atomic E-state index is -0.329. The van der Waals surface area contributed by atoms with E-state index in [0.29, 0.717) is 12.0 Å². The third kappa shape index (κ3) is 2.36. The lowest BCUT2D eigenvalue weighted by Crippen LogP contribution is -1.90. The minimum absolute atomic E-state index is 0.175. The Morgan fingerprint density at radius 2 is 2.27 bits per heavy atom. The van der Waals surface area contributed by atoms with Crippen molar-refractivity contribution in [2.45, 2.75) is 13.3 Å². The van der Waals surface area contributed by atoms with Gasteiger partial charge in [-0.25, -0.2) is 9.37 Å². The van der Waals surface area contributed by atoms with Gasteiger partial charge >= 0.3 is 0 Å². The summed E-state index contributed by atoms with van der Waals surface area (Å²) >= 11 is 7.27. The Morgan fingerprint density at radius 3 is 2.93 bits per heavy atom. The van der Waals surface area contributed by atoms with Crippen LogP contribution in [-0.2, 0) is 6.42 Å². The first-order chi connectivity index (χ1) is 7.16. The number of benzene rings is 1. The molecule has 0 radical (unpaired) electrons. The Balaban J connectivity index is 2.28. The number of hydrogen-bond acceptors (Lipinski definition) is 2. The van der Waals surface area contributed by atoms with Crippen molar-refractivity contribution in [1.82, 2.24) is 4.98 Å². The van der Waals surface area contributed by atoms with Crippen LogP contribution >= 0.6 is 22.9 Å². The van der Waals surface area contributed by atoms with Gasteiger partial charge < -0.3 is 0 Å². The Labute approximate surface area is 96.5 Å². The minimum Gasteiger partial charge on any atom is -0.250 e. The molecule has 0 aliphatic rings. The average molecular weight is 242 g/mol. The lowest BCUT2D eigenvalue weighted by atomic mass is 10.1. The van der Waals surface area contributed by atoms with Gasteiger partial charge in [0.15, 0.2) is 0 Å². The largest absolute Gasteiger partial charge is 0.250 e. The van der Waals surface area contributed by atoms with Crippen LogP contribution in [0.25, 0.3) is 0 Å². The van der Waals surface area contributed by atoms with Crippen molar-refractivity contribution in [3.8, 4) is 0 Å². The maximum atomic E-state index is 13.5. The zero-order valence-electron chi connectivity index (χ0n) is 8.13. The molecule has 0 aliphatic heterocycles. The van der Waals surface area contributed by atoms with Crippen LogP contribution in [0.15, 0.2) is 24.4 Å². The number of aromatic nitrogens is 1. The van der Waals surface area contributed by atoms with Gasteiger partial charge in [0.2, 0.25) is 0 Å². The van der Waals surface area contributed by atoms with Crippen LogP contribution in [0.3, 0.4) is 0 Å². The van der Waals surface area contributed by atoms with E-state index in [0.717, 1.165) is 9.88 Å². The smallest absolute Gasteiger partial charge is 0.145 e. The standard InChI is InChI=1S/C11H9ClFNS/c1-7-14-6-9(15-7)5-8-3-2-4-10(12)11(8)13/h2-4,6H,5H2,1H3. The molecular weight excluding hydrogens is 233 g/mol. The fourth-order valence-corrected chi connectivity index (χ4v) is 2.37. The molecule has 4 heteroatoms. The third-order valence-electron chi connectivity index (χ3n) is 2.07. The quantitative estimate of drug-likeness (QED) is 0.779. The van der Waals surface area contributed by atoms with Gasteiger partial charge in [-0.1, -0.05) is 23.7 Å². The van der Waals surface area contributed by atoms with Crippen LogP contribution in [-0.4, -0.2) is 4.98 Å². The Kier molecular flexibility index (Phi) is 3.03. The Bertz CT molecular complexity index is 481. The molecule has 0 N–H and O–H groups in total. The fourth-order valence-electron chi connectivity index (χ4n) is 1.36. The molecule has 2 aromatic rings. The van der Waals surface area contributed by atoms with Crippen molar-refractivity contribution in [1.29, 1.82) is 0 Å². The van der Waals surface area contributed by atoms with Crippen LogP contribution in [0.5, 0.6) is 0 Å². The highest BCUT2D eigenvalue weighted by atomic mass is 35.5. The van der Waals surface area contributed by atoms with Gasteiger partial charge in [-0.15, -0.1) is 11.3 Å². The summed E-state index contributed by atoms with van der Waals surface area (Å²) in [5.41, 5.74) is 0.617. The van der Waals surface area contributed by atoms with Crippen molar-refractivity contribution >= 4 is 22.9 Å². The molecule has 2 rings (SSSR count). The van der Waals surface area contributed by atoms with Crippen molar-refractivity contribution in [2.75, 3.05) is 0 Å². The van der Waals surface area contributed by atoms with Gasteiger partial charge in [-0.3, -0.25) is 0 Å². The molecule has 0 bridgehead atoms. The molecule has 1 aromatic carbocycles. The summed E-state index contributed by atoms with van der Waals surface area (Å²) in [5, 5.41) is 1.17. The van der Waals surface area contributed by atoms with Crippen molar-refractivity contribution in [2.24, 2.45) is 0 Å². The number of hydrogen-bond donors (Lipinski definition) is 0. The van der Waals surface area contributed by atoms with E-state index >= 15 is 0 Å². The topological polar surface area (TPSA) is 12.9 Å². The van der Waals surface area contributed by atoms with Gasteiger partial charge in [-0.05, 0) is 18.6 Å². The van der Waals surface area contributed by atoms with E-state index in [-0.39, 0.29) is 10.8 Å². The molecule has 0 amide bonds. The average Bonchev–Trinajstić information content (AvgIpc) is 2.59. The summed E-state index contributed by atoms with van der Waals surface area (Å²) < 4.78 is 13.5. The highest BCUT2D eigenvalue weighted by Gasteiger charge is 2.08. The van der Waals surface area contributed by atoms with Gasteiger partial charge in [0.25, 0.3) is 0 Å². The predicted molar refractivity (Wildman–Crippen MR) is 61.1 cm³/mol. The summed E-state index contributed by atoms with van der Waals surface area (Å²) in [4.78, 5) is 5.18. The molecule has 15 heavy (non-hydrogen) atoms. The monoisotopic (exact) mass is 241 g/mol. The van der Waals surface area contributed by atoms with E-state index in [4.69, 9.17) is 11.6 Å². The van der Waals surface area contributed by atoms with Gasteiger partial charge in [-0.2, -0.15) is 0 Å². The zero-order valence-corrected chi connectivity index (χ0v) is 9.70. The molecule has 0 fully saturated rings. The van der Waals surface area contributed by atoms with Gasteiger partial charge in [0.05, 0.1) is 10.0 Å². The molecule has 0 saturated heterocycles. The van der Waals surface area contributed by atoms with Crippen molar-refractivity contribution in [3.05, 3.63) is 50.7 Å². The van der Waals surface area contributed by atoms with Gasteiger partial charge in [0, 0.05) is 17.5 Å².